The van der Waals surface area contributed by atoms with Crippen LogP contribution in [0.4, 0.5) is 0 Å². The van der Waals surface area contributed by atoms with Gasteiger partial charge in [-0.05, 0) is 18.9 Å². The summed E-state index contributed by atoms with van der Waals surface area (Å²) in [6.07, 6.45) is 4.95. The van der Waals surface area contributed by atoms with Crippen LogP contribution < -0.4 is 0 Å². The van der Waals surface area contributed by atoms with E-state index in [0.717, 1.165) is 25.9 Å². The number of esters is 1. The van der Waals surface area contributed by atoms with Crippen LogP contribution >= 0.6 is 0 Å². The smallest absolute Gasteiger partial charge is 0.339 e. The molecule has 2 heterocycles. The summed E-state index contributed by atoms with van der Waals surface area (Å²) >= 11 is 0. The molecule has 1 aliphatic rings. The maximum absolute atomic E-state index is 12.0. The number of hydrogen-bond acceptors (Lipinski definition) is 4. The van der Waals surface area contributed by atoms with Crippen LogP contribution in [-0.2, 0) is 4.74 Å². The Morgan fingerprint density at radius 3 is 2.53 bits per heavy atom. The third-order valence-corrected chi connectivity index (χ3v) is 2.80. The van der Waals surface area contributed by atoms with Gasteiger partial charge in [0.25, 0.3) is 5.91 Å². The number of methoxy groups -OCH3 is 1. The van der Waals surface area contributed by atoms with E-state index in [0.29, 0.717) is 11.1 Å². The number of ether oxygens (including phenoxy) is 1. The van der Waals surface area contributed by atoms with Crippen molar-refractivity contribution < 1.29 is 14.3 Å². The maximum atomic E-state index is 12.0. The summed E-state index contributed by atoms with van der Waals surface area (Å²) in [5.41, 5.74) is 0.743. The first-order valence-electron chi connectivity index (χ1n) is 5.55. The zero-order valence-corrected chi connectivity index (χ0v) is 9.68. The van der Waals surface area contributed by atoms with E-state index in [9.17, 15) is 9.59 Å². The number of carbonyl (C=O) groups is 2. The van der Waals surface area contributed by atoms with Crippen LogP contribution in [0.5, 0.6) is 0 Å². The molecule has 1 aromatic heterocycles. The molecule has 0 unspecified atom stereocenters. The Morgan fingerprint density at radius 1 is 1.24 bits per heavy atom. The lowest BCUT2D eigenvalue weighted by Crippen LogP contribution is -2.27. The first-order chi connectivity index (χ1) is 8.22. The number of amides is 1. The lowest BCUT2D eigenvalue weighted by Gasteiger charge is -2.14. The summed E-state index contributed by atoms with van der Waals surface area (Å²) in [5.74, 6) is -0.547. The van der Waals surface area contributed by atoms with E-state index in [4.69, 9.17) is 0 Å². The molecule has 1 aliphatic heterocycles. The van der Waals surface area contributed by atoms with Crippen molar-refractivity contribution in [3.8, 4) is 0 Å². The molecule has 1 fully saturated rings. The van der Waals surface area contributed by atoms with Crippen LogP contribution in [0.25, 0.3) is 0 Å². The van der Waals surface area contributed by atoms with Crippen molar-refractivity contribution in [2.75, 3.05) is 20.2 Å². The highest BCUT2D eigenvalue weighted by molar-refractivity contribution is 5.97. The third-order valence-electron chi connectivity index (χ3n) is 2.80. The molecule has 2 rings (SSSR count). The van der Waals surface area contributed by atoms with Crippen molar-refractivity contribution in [1.29, 1.82) is 0 Å². The molecule has 5 heteroatoms. The third kappa shape index (κ3) is 2.43. The van der Waals surface area contributed by atoms with Crippen molar-refractivity contribution in [2.45, 2.75) is 12.8 Å². The average molecular weight is 234 g/mol. The van der Waals surface area contributed by atoms with Gasteiger partial charge in [-0.1, -0.05) is 0 Å². The van der Waals surface area contributed by atoms with Crippen molar-refractivity contribution >= 4 is 11.9 Å². The summed E-state index contributed by atoms with van der Waals surface area (Å²) in [5, 5.41) is 0. The molecule has 1 aromatic rings. The van der Waals surface area contributed by atoms with Gasteiger partial charge in [0.2, 0.25) is 0 Å². The van der Waals surface area contributed by atoms with Gasteiger partial charge in [-0.25, -0.2) is 4.79 Å². The molecular formula is C12H14N2O3. The van der Waals surface area contributed by atoms with Gasteiger partial charge in [0.05, 0.1) is 18.2 Å². The SMILES string of the molecule is COC(=O)c1cncc(C(=O)N2CCCC2)c1. The quantitative estimate of drug-likeness (QED) is 0.719. The molecule has 0 N–H and O–H groups in total. The van der Waals surface area contributed by atoms with Crippen LogP contribution in [0.3, 0.4) is 0 Å². The number of hydrogen-bond donors (Lipinski definition) is 0. The number of aromatic nitrogens is 1. The normalized spacial score (nSPS) is 14.8. The van der Waals surface area contributed by atoms with E-state index in [1.165, 1.54) is 25.6 Å². The number of pyridine rings is 1. The summed E-state index contributed by atoms with van der Waals surface area (Å²) in [6, 6.07) is 1.53. The van der Waals surface area contributed by atoms with Crippen molar-refractivity contribution in [2.24, 2.45) is 0 Å². The van der Waals surface area contributed by atoms with E-state index in [2.05, 4.69) is 9.72 Å². The standard InChI is InChI=1S/C12H14N2O3/c1-17-12(16)10-6-9(7-13-8-10)11(15)14-4-2-3-5-14/h6-8H,2-5H2,1H3. The van der Waals surface area contributed by atoms with Crippen molar-refractivity contribution in [3.05, 3.63) is 29.6 Å². The topological polar surface area (TPSA) is 59.5 Å². The number of likely N-dealkylation sites (tertiary alicyclic amines) is 1. The lowest BCUT2D eigenvalue weighted by atomic mass is 10.2. The Labute approximate surface area is 99.4 Å². The molecule has 1 amide bonds. The van der Waals surface area contributed by atoms with E-state index in [1.807, 2.05) is 0 Å². The molecule has 17 heavy (non-hydrogen) atoms. The van der Waals surface area contributed by atoms with Gasteiger partial charge >= 0.3 is 5.97 Å². The molecule has 0 saturated carbocycles. The van der Waals surface area contributed by atoms with Crippen molar-refractivity contribution in [1.82, 2.24) is 9.88 Å². The molecule has 0 aliphatic carbocycles. The second-order valence-corrected chi connectivity index (χ2v) is 3.95. The first-order valence-corrected chi connectivity index (χ1v) is 5.55. The Balaban J connectivity index is 2.20. The highest BCUT2D eigenvalue weighted by Crippen LogP contribution is 2.13. The number of carbonyl (C=O) groups excluding carboxylic acids is 2. The molecule has 0 atom stereocenters. The Morgan fingerprint density at radius 2 is 1.88 bits per heavy atom. The van der Waals surface area contributed by atoms with Crippen LogP contribution in [0.15, 0.2) is 18.5 Å². The van der Waals surface area contributed by atoms with Gasteiger partial charge in [-0.3, -0.25) is 9.78 Å². The summed E-state index contributed by atoms with van der Waals surface area (Å²) < 4.78 is 4.59. The zero-order chi connectivity index (χ0) is 12.3. The Hall–Kier alpha value is -1.91. The molecule has 90 valence electrons. The fourth-order valence-electron chi connectivity index (χ4n) is 1.89. The highest BCUT2D eigenvalue weighted by Gasteiger charge is 2.20. The predicted octanol–water partition coefficient (Wildman–Crippen LogP) is 1.10. The lowest BCUT2D eigenvalue weighted by molar-refractivity contribution is 0.0600. The minimum Gasteiger partial charge on any atom is -0.465 e. The van der Waals surface area contributed by atoms with Crippen LogP contribution in [0, 0.1) is 0 Å². The first kappa shape index (κ1) is 11.6. The van der Waals surface area contributed by atoms with Crippen LogP contribution in [0.2, 0.25) is 0 Å². The summed E-state index contributed by atoms with van der Waals surface area (Å²) in [4.78, 5) is 29.0. The van der Waals surface area contributed by atoms with Gasteiger partial charge in [-0.15, -0.1) is 0 Å². The monoisotopic (exact) mass is 234 g/mol. The molecule has 0 bridgehead atoms. The number of nitrogens with zero attached hydrogens (tertiary/aromatic N) is 2. The Bertz CT molecular complexity index is 439. The van der Waals surface area contributed by atoms with Gasteiger partial charge in [0, 0.05) is 25.5 Å². The molecule has 0 spiro atoms. The van der Waals surface area contributed by atoms with Crippen LogP contribution in [-0.4, -0.2) is 42.0 Å². The van der Waals surface area contributed by atoms with Gasteiger partial charge in [-0.2, -0.15) is 0 Å². The highest BCUT2D eigenvalue weighted by atomic mass is 16.5. The van der Waals surface area contributed by atoms with Crippen molar-refractivity contribution in [3.63, 3.8) is 0 Å². The van der Waals surface area contributed by atoms with E-state index < -0.39 is 5.97 Å². The van der Waals surface area contributed by atoms with E-state index in [1.54, 1.807) is 4.90 Å². The summed E-state index contributed by atoms with van der Waals surface area (Å²) in [7, 11) is 1.30. The van der Waals surface area contributed by atoms with Crippen LogP contribution in [0.1, 0.15) is 33.6 Å². The minimum atomic E-state index is -0.478. The van der Waals surface area contributed by atoms with E-state index in [-0.39, 0.29) is 5.91 Å². The molecule has 1 saturated heterocycles. The fourth-order valence-corrected chi connectivity index (χ4v) is 1.89. The molecule has 0 aromatic carbocycles. The van der Waals surface area contributed by atoms with E-state index >= 15 is 0 Å². The Kier molecular flexibility index (Phi) is 3.37. The second-order valence-electron chi connectivity index (χ2n) is 3.95. The second kappa shape index (κ2) is 4.95. The van der Waals surface area contributed by atoms with Gasteiger partial charge in [0.1, 0.15) is 0 Å². The fraction of sp³-hybridized carbons (Fsp3) is 0.417. The average Bonchev–Trinajstić information content (AvgIpc) is 2.91. The largest absolute Gasteiger partial charge is 0.465 e. The predicted molar refractivity (Wildman–Crippen MR) is 60.7 cm³/mol. The minimum absolute atomic E-state index is 0.0687. The molecular weight excluding hydrogens is 220 g/mol. The maximum Gasteiger partial charge on any atom is 0.339 e. The van der Waals surface area contributed by atoms with Gasteiger partial charge in [0.15, 0.2) is 0 Å². The molecule has 5 nitrogen and oxygen atoms in total. The summed E-state index contributed by atoms with van der Waals surface area (Å²) in [6.45, 7) is 1.56. The van der Waals surface area contributed by atoms with Gasteiger partial charge < -0.3 is 9.64 Å². The zero-order valence-electron chi connectivity index (χ0n) is 9.68. The number of rotatable bonds is 2. The molecule has 0 radical (unpaired) electrons.